The number of nitrogens with one attached hydrogen (secondary N) is 1. The molecule has 0 unspecified atom stereocenters. The number of aryl methyl sites for hydroxylation is 2. The molecule has 1 amide bonds. The van der Waals surface area contributed by atoms with E-state index in [1.54, 1.807) is 12.1 Å². The quantitative estimate of drug-likeness (QED) is 0.635. The van der Waals surface area contributed by atoms with Crippen LogP contribution in [0.2, 0.25) is 5.02 Å². The normalized spacial score (nSPS) is 11.7. The van der Waals surface area contributed by atoms with E-state index in [1.807, 2.05) is 74.5 Å². The fraction of sp³-hybridized carbons (Fsp3) is 0.174. The Hall–Kier alpha value is -2.78. The molecule has 0 spiro atoms. The van der Waals surface area contributed by atoms with Crippen LogP contribution in [0, 0.1) is 13.8 Å². The summed E-state index contributed by atoms with van der Waals surface area (Å²) >= 11 is 6.03. The van der Waals surface area contributed by atoms with E-state index in [-0.39, 0.29) is 18.6 Å². The summed E-state index contributed by atoms with van der Waals surface area (Å²) in [5, 5.41) is 3.77. The smallest absolute Gasteiger partial charge is 0.258 e. The molecule has 1 atom stereocenters. The first kappa shape index (κ1) is 19.0. The molecule has 3 rings (SSSR count). The number of carbonyl (C=O) groups is 1. The van der Waals surface area contributed by atoms with Gasteiger partial charge in [-0.25, -0.2) is 0 Å². The van der Waals surface area contributed by atoms with Crippen LogP contribution >= 0.6 is 11.6 Å². The van der Waals surface area contributed by atoms with E-state index in [0.29, 0.717) is 10.8 Å². The number of benzene rings is 3. The van der Waals surface area contributed by atoms with Gasteiger partial charge in [0.25, 0.3) is 5.91 Å². The highest BCUT2D eigenvalue weighted by molar-refractivity contribution is 6.31. The van der Waals surface area contributed by atoms with Gasteiger partial charge in [-0.15, -0.1) is 0 Å². The van der Waals surface area contributed by atoms with Crippen LogP contribution in [0.5, 0.6) is 5.75 Å². The van der Waals surface area contributed by atoms with Gasteiger partial charge in [-0.05, 0) is 54.3 Å². The lowest BCUT2D eigenvalue weighted by atomic mass is 9.95. The Morgan fingerprint density at radius 2 is 1.67 bits per heavy atom. The Bertz CT molecular complexity index is 925. The van der Waals surface area contributed by atoms with Gasteiger partial charge in [0, 0.05) is 5.02 Å². The average molecular weight is 380 g/mol. The zero-order chi connectivity index (χ0) is 19.2. The summed E-state index contributed by atoms with van der Waals surface area (Å²) in [6.07, 6.45) is 0. The minimum Gasteiger partial charge on any atom is -0.484 e. The maximum absolute atomic E-state index is 12.6. The van der Waals surface area contributed by atoms with Gasteiger partial charge < -0.3 is 10.1 Å². The van der Waals surface area contributed by atoms with E-state index >= 15 is 0 Å². The number of halogens is 1. The SMILES string of the molecule is Cc1cc(OCC(=O)N[C@@H](c2ccccc2)c2ccccc2C)ccc1Cl. The molecule has 0 heterocycles. The molecule has 4 heteroatoms. The lowest BCUT2D eigenvalue weighted by Crippen LogP contribution is -2.33. The van der Waals surface area contributed by atoms with Gasteiger partial charge in [0.15, 0.2) is 6.61 Å². The van der Waals surface area contributed by atoms with Crippen LogP contribution in [0.15, 0.2) is 72.8 Å². The Balaban J connectivity index is 1.75. The van der Waals surface area contributed by atoms with E-state index < -0.39 is 0 Å². The fourth-order valence-corrected chi connectivity index (χ4v) is 3.07. The van der Waals surface area contributed by atoms with E-state index in [4.69, 9.17) is 16.3 Å². The van der Waals surface area contributed by atoms with Crippen LogP contribution in [-0.4, -0.2) is 12.5 Å². The first-order chi connectivity index (χ1) is 13.0. The molecule has 138 valence electrons. The number of carbonyl (C=O) groups excluding carboxylic acids is 1. The second-order valence-corrected chi connectivity index (χ2v) is 6.87. The molecule has 0 aromatic heterocycles. The van der Waals surface area contributed by atoms with Crippen LogP contribution in [-0.2, 0) is 4.79 Å². The zero-order valence-corrected chi connectivity index (χ0v) is 16.2. The largest absolute Gasteiger partial charge is 0.484 e. The third-order valence-electron chi connectivity index (χ3n) is 4.44. The van der Waals surface area contributed by atoms with Gasteiger partial charge in [0.2, 0.25) is 0 Å². The Labute approximate surface area is 164 Å². The predicted octanol–water partition coefficient (Wildman–Crippen LogP) is 5.24. The first-order valence-electron chi connectivity index (χ1n) is 8.83. The maximum atomic E-state index is 12.6. The average Bonchev–Trinajstić information content (AvgIpc) is 2.68. The van der Waals surface area contributed by atoms with E-state index in [0.717, 1.165) is 22.3 Å². The van der Waals surface area contributed by atoms with Crippen LogP contribution in [0.3, 0.4) is 0 Å². The van der Waals surface area contributed by atoms with Crippen molar-refractivity contribution in [3.8, 4) is 5.75 Å². The lowest BCUT2D eigenvalue weighted by Gasteiger charge is -2.22. The third-order valence-corrected chi connectivity index (χ3v) is 4.86. The second-order valence-electron chi connectivity index (χ2n) is 6.47. The molecular formula is C23H22ClNO2. The number of amides is 1. The van der Waals surface area contributed by atoms with Crippen molar-refractivity contribution in [2.24, 2.45) is 0 Å². The summed E-state index contributed by atoms with van der Waals surface area (Å²) < 4.78 is 5.64. The maximum Gasteiger partial charge on any atom is 0.258 e. The summed E-state index contributed by atoms with van der Waals surface area (Å²) in [4.78, 5) is 12.6. The van der Waals surface area contributed by atoms with Gasteiger partial charge in [-0.3, -0.25) is 4.79 Å². The summed E-state index contributed by atoms with van der Waals surface area (Å²) in [5.74, 6) is 0.443. The number of ether oxygens (including phenoxy) is 1. The lowest BCUT2D eigenvalue weighted by molar-refractivity contribution is -0.123. The van der Waals surface area contributed by atoms with Crippen molar-refractivity contribution < 1.29 is 9.53 Å². The monoisotopic (exact) mass is 379 g/mol. The summed E-state index contributed by atoms with van der Waals surface area (Å²) in [5.41, 5.74) is 4.14. The fourth-order valence-electron chi connectivity index (χ4n) is 2.96. The standard InChI is InChI=1S/C23H22ClNO2/c1-16-8-6-7-11-20(16)23(18-9-4-3-5-10-18)25-22(26)15-27-19-12-13-21(24)17(2)14-19/h3-14,23H,15H2,1-2H3,(H,25,26)/t23-/m0/s1. The Kier molecular flexibility index (Phi) is 6.15. The minimum atomic E-state index is -0.226. The number of hydrogen-bond acceptors (Lipinski definition) is 2. The summed E-state index contributed by atoms with van der Waals surface area (Å²) in [6, 6.07) is 23.1. The van der Waals surface area contributed by atoms with Crippen LogP contribution in [0.1, 0.15) is 28.3 Å². The van der Waals surface area contributed by atoms with Crippen molar-refractivity contribution >= 4 is 17.5 Å². The van der Waals surface area contributed by atoms with Gasteiger partial charge in [0.1, 0.15) is 5.75 Å². The van der Waals surface area contributed by atoms with Gasteiger partial charge in [0.05, 0.1) is 6.04 Å². The third kappa shape index (κ3) is 4.89. The molecule has 0 aliphatic carbocycles. The van der Waals surface area contributed by atoms with Crippen molar-refractivity contribution in [3.63, 3.8) is 0 Å². The van der Waals surface area contributed by atoms with Gasteiger partial charge in [-0.2, -0.15) is 0 Å². The molecule has 0 fully saturated rings. The van der Waals surface area contributed by atoms with Crippen LogP contribution in [0.25, 0.3) is 0 Å². The van der Waals surface area contributed by atoms with Crippen molar-refractivity contribution in [3.05, 3.63) is 100 Å². The Morgan fingerprint density at radius 3 is 2.37 bits per heavy atom. The molecule has 0 bridgehead atoms. The molecule has 0 aliphatic heterocycles. The molecule has 0 saturated heterocycles. The van der Waals surface area contributed by atoms with Crippen LogP contribution < -0.4 is 10.1 Å². The van der Waals surface area contributed by atoms with E-state index in [9.17, 15) is 4.79 Å². The van der Waals surface area contributed by atoms with Crippen molar-refractivity contribution in [2.45, 2.75) is 19.9 Å². The minimum absolute atomic E-state index is 0.0592. The zero-order valence-electron chi connectivity index (χ0n) is 15.4. The molecule has 3 nitrogen and oxygen atoms in total. The second kappa shape index (κ2) is 8.74. The van der Waals surface area contributed by atoms with Crippen molar-refractivity contribution in [2.75, 3.05) is 6.61 Å². The molecule has 3 aromatic carbocycles. The van der Waals surface area contributed by atoms with Crippen LogP contribution in [0.4, 0.5) is 0 Å². The van der Waals surface area contributed by atoms with Gasteiger partial charge in [-0.1, -0.05) is 66.2 Å². The number of rotatable bonds is 6. The van der Waals surface area contributed by atoms with E-state index in [1.165, 1.54) is 0 Å². The van der Waals surface area contributed by atoms with Crippen molar-refractivity contribution in [1.29, 1.82) is 0 Å². The topological polar surface area (TPSA) is 38.3 Å². The predicted molar refractivity (Wildman–Crippen MR) is 109 cm³/mol. The van der Waals surface area contributed by atoms with E-state index in [2.05, 4.69) is 5.32 Å². The highest BCUT2D eigenvalue weighted by Crippen LogP contribution is 2.25. The summed E-state index contributed by atoms with van der Waals surface area (Å²) in [6.45, 7) is 3.89. The molecule has 1 N–H and O–H groups in total. The molecule has 27 heavy (non-hydrogen) atoms. The summed E-state index contributed by atoms with van der Waals surface area (Å²) in [7, 11) is 0. The van der Waals surface area contributed by atoms with Gasteiger partial charge >= 0.3 is 0 Å². The molecule has 0 aliphatic rings. The molecule has 0 saturated carbocycles. The molecular weight excluding hydrogens is 358 g/mol. The number of hydrogen-bond donors (Lipinski definition) is 1. The van der Waals surface area contributed by atoms with Crippen molar-refractivity contribution in [1.82, 2.24) is 5.32 Å². The molecule has 3 aromatic rings. The molecule has 0 radical (unpaired) electrons. The first-order valence-corrected chi connectivity index (χ1v) is 9.21. The Morgan fingerprint density at radius 1 is 0.963 bits per heavy atom. The highest BCUT2D eigenvalue weighted by Gasteiger charge is 2.18. The highest BCUT2D eigenvalue weighted by atomic mass is 35.5.